The van der Waals surface area contributed by atoms with Crippen molar-refractivity contribution in [2.24, 2.45) is 0 Å². The lowest BCUT2D eigenvalue weighted by atomic mass is 9.85. The molecule has 0 N–H and O–H groups in total. The van der Waals surface area contributed by atoms with Crippen LogP contribution >= 0.6 is 11.6 Å². The van der Waals surface area contributed by atoms with E-state index in [1.807, 2.05) is 72.4 Å². The summed E-state index contributed by atoms with van der Waals surface area (Å²) in [5.74, 6) is 2.01. The Bertz CT molecular complexity index is 1770. The van der Waals surface area contributed by atoms with Crippen molar-refractivity contribution in [2.75, 3.05) is 0 Å². The summed E-state index contributed by atoms with van der Waals surface area (Å²) >= 11 is 5.98. The van der Waals surface area contributed by atoms with E-state index in [0.717, 1.165) is 28.1 Å². The first-order valence-electron chi connectivity index (χ1n) is 12.0. The lowest BCUT2D eigenvalue weighted by Crippen LogP contribution is -2.16. The summed E-state index contributed by atoms with van der Waals surface area (Å²) in [6, 6.07) is 21.0. The number of hydrogen-bond acceptors (Lipinski definition) is 7. The number of ether oxygens (including phenoxy) is 2. The van der Waals surface area contributed by atoms with Gasteiger partial charge in [-0.1, -0.05) is 35.9 Å². The van der Waals surface area contributed by atoms with Crippen molar-refractivity contribution in [3.8, 4) is 23.2 Å². The van der Waals surface area contributed by atoms with Gasteiger partial charge in [0.05, 0.1) is 28.4 Å². The summed E-state index contributed by atoms with van der Waals surface area (Å²) in [7, 11) is 0. The lowest BCUT2D eigenvalue weighted by Gasteiger charge is -2.26. The molecule has 2 aromatic carbocycles. The van der Waals surface area contributed by atoms with E-state index in [0.29, 0.717) is 34.0 Å². The molecule has 0 bridgehead atoms. The zero-order valence-electron chi connectivity index (χ0n) is 20.2. The average molecular weight is 522 g/mol. The molecule has 0 saturated carbocycles. The summed E-state index contributed by atoms with van der Waals surface area (Å²) in [4.78, 5) is 13.9. The van der Waals surface area contributed by atoms with Crippen molar-refractivity contribution in [3.05, 3.63) is 119 Å². The largest absolute Gasteiger partial charge is 0.486 e. The third kappa shape index (κ3) is 3.75. The Hall–Kier alpha value is -4.76. The van der Waals surface area contributed by atoms with E-state index in [2.05, 4.69) is 15.1 Å². The predicted molar refractivity (Wildman–Crippen MR) is 140 cm³/mol. The van der Waals surface area contributed by atoms with Crippen LogP contribution in [0.1, 0.15) is 34.1 Å². The summed E-state index contributed by atoms with van der Waals surface area (Å²) in [5.41, 5.74) is 5.09. The van der Waals surface area contributed by atoms with Crippen LogP contribution in [0.15, 0.2) is 85.5 Å². The molecule has 0 aliphatic carbocycles. The highest BCUT2D eigenvalue weighted by Gasteiger charge is 2.38. The van der Waals surface area contributed by atoms with Gasteiger partial charge < -0.3 is 9.47 Å². The topological polar surface area (TPSA) is 92.3 Å². The first kappa shape index (κ1) is 22.4. The number of halogens is 1. The number of para-hydroxylation sites is 1. The average Bonchev–Trinajstić information content (AvgIpc) is 3.53. The molecule has 0 spiro atoms. The minimum Gasteiger partial charge on any atom is -0.486 e. The Labute approximate surface area is 222 Å². The van der Waals surface area contributed by atoms with Gasteiger partial charge in [0, 0.05) is 17.4 Å². The maximum Gasteiger partial charge on any atom is 0.230 e. The van der Waals surface area contributed by atoms with Gasteiger partial charge in [-0.05, 0) is 55.0 Å². The van der Waals surface area contributed by atoms with Crippen LogP contribution in [-0.2, 0) is 6.61 Å². The van der Waals surface area contributed by atoms with E-state index in [4.69, 9.17) is 31.2 Å². The van der Waals surface area contributed by atoms with Crippen molar-refractivity contribution in [3.63, 3.8) is 0 Å². The van der Waals surface area contributed by atoms with E-state index >= 15 is 0 Å². The highest BCUT2D eigenvalue weighted by atomic mass is 35.5. The van der Waals surface area contributed by atoms with Crippen molar-refractivity contribution in [2.45, 2.75) is 19.4 Å². The Balaban J connectivity index is 1.36. The van der Waals surface area contributed by atoms with Gasteiger partial charge >= 0.3 is 0 Å². The van der Waals surface area contributed by atoms with Crippen LogP contribution in [0.25, 0.3) is 11.3 Å². The molecule has 7 rings (SSSR count). The Morgan fingerprint density at radius 3 is 2.61 bits per heavy atom. The normalized spacial score (nSPS) is 14.1. The number of aryl methyl sites for hydroxylation is 1. The van der Waals surface area contributed by atoms with E-state index in [1.165, 1.54) is 0 Å². The van der Waals surface area contributed by atoms with Crippen LogP contribution in [-0.4, -0.2) is 34.3 Å². The fourth-order valence-corrected chi connectivity index (χ4v) is 4.91. The van der Waals surface area contributed by atoms with Gasteiger partial charge in [-0.25, -0.2) is 19.2 Å². The van der Waals surface area contributed by atoms with Crippen LogP contribution in [0.5, 0.6) is 17.5 Å². The molecule has 4 aromatic heterocycles. The number of hydrogen-bond donors (Lipinski definition) is 0. The summed E-state index contributed by atoms with van der Waals surface area (Å²) in [5, 5.41) is 10.1. The van der Waals surface area contributed by atoms with E-state index in [1.54, 1.807) is 29.2 Å². The number of benzene rings is 2. The molecule has 38 heavy (non-hydrogen) atoms. The molecule has 0 radical (unpaired) electrons. The zero-order valence-corrected chi connectivity index (χ0v) is 20.9. The van der Waals surface area contributed by atoms with Gasteiger partial charge in [0.2, 0.25) is 11.8 Å². The number of rotatable bonds is 5. The Morgan fingerprint density at radius 1 is 0.974 bits per heavy atom. The fraction of sp³-hybridized carbons (Fsp3) is 0.107. The number of fused-ring (bicyclic) bond motifs is 4. The molecule has 0 amide bonds. The van der Waals surface area contributed by atoms with Gasteiger partial charge in [-0.2, -0.15) is 5.10 Å². The number of nitrogens with zero attached hydrogens (tertiary/aromatic N) is 7. The molecule has 0 saturated heterocycles. The molecule has 10 heteroatoms. The molecule has 5 heterocycles. The van der Waals surface area contributed by atoms with Crippen LogP contribution < -0.4 is 9.47 Å². The summed E-state index contributed by atoms with van der Waals surface area (Å²) in [6.45, 7) is 2.17. The van der Waals surface area contributed by atoms with Gasteiger partial charge in [0.1, 0.15) is 18.7 Å². The maximum atomic E-state index is 6.44. The number of aromatic nitrogens is 7. The van der Waals surface area contributed by atoms with Gasteiger partial charge in [-0.3, -0.25) is 4.98 Å². The molecule has 1 atom stereocenters. The number of pyridine rings is 1. The molecule has 186 valence electrons. The maximum absolute atomic E-state index is 6.44. The predicted octanol–water partition coefficient (Wildman–Crippen LogP) is 5.53. The Kier molecular flexibility index (Phi) is 5.29. The zero-order chi connectivity index (χ0) is 25.6. The fourth-order valence-electron chi connectivity index (χ4n) is 4.79. The molecule has 6 aromatic rings. The van der Waals surface area contributed by atoms with Crippen LogP contribution in [0, 0.1) is 6.92 Å². The Morgan fingerprint density at radius 2 is 1.82 bits per heavy atom. The van der Waals surface area contributed by atoms with Gasteiger partial charge in [0.15, 0.2) is 11.5 Å². The molecular formula is C28H20ClN7O2. The highest BCUT2D eigenvalue weighted by Crippen LogP contribution is 2.49. The highest BCUT2D eigenvalue weighted by molar-refractivity contribution is 6.30. The van der Waals surface area contributed by atoms with E-state index < -0.39 is 0 Å². The quantitative estimate of drug-likeness (QED) is 0.294. The van der Waals surface area contributed by atoms with E-state index in [9.17, 15) is 0 Å². The molecule has 1 unspecified atom stereocenters. The third-order valence-electron chi connectivity index (χ3n) is 6.46. The molecule has 0 fully saturated rings. The minimum atomic E-state index is -0.259. The second-order valence-electron chi connectivity index (χ2n) is 8.88. The van der Waals surface area contributed by atoms with Gasteiger partial charge in [-0.15, -0.1) is 5.10 Å². The van der Waals surface area contributed by atoms with Crippen LogP contribution in [0.2, 0.25) is 5.02 Å². The smallest absolute Gasteiger partial charge is 0.230 e. The van der Waals surface area contributed by atoms with Crippen LogP contribution in [0.3, 0.4) is 0 Å². The lowest BCUT2D eigenvalue weighted by molar-refractivity contribution is 0.296. The molecule has 1 aliphatic heterocycles. The first-order chi connectivity index (χ1) is 18.7. The standard InChI is InChI=1S/C28H20ClN7O2/c1-17-23-24(18-6-5-13-30-14-18)25-26-32-22(15-37-21-11-9-19(29)10-12-21)34-35(26)16-31-27(25)38-28(23)36(33-17)20-7-3-2-4-8-20/h2-14,16,24H,15H2,1H3. The monoisotopic (exact) mass is 521 g/mol. The van der Waals surface area contributed by atoms with Crippen molar-refractivity contribution >= 4 is 17.2 Å². The van der Waals surface area contributed by atoms with E-state index in [-0.39, 0.29) is 12.5 Å². The van der Waals surface area contributed by atoms with Crippen LogP contribution in [0.4, 0.5) is 0 Å². The molecule has 9 nitrogen and oxygen atoms in total. The third-order valence-corrected chi connectivity index (χ3v) is 6.72. The van der Waals surface area contributed by atoms with Crippen molar-refractivity contribution in [1.29, 1.82) is 0 Å². The molecular weight excluding hydrogens is 502 g/mol. The second kappa shape index (κ2) is 8.97. The second-order valence-corrected chi connectivity index (χ2v) is 9.31. The van der Waals surface area contributed by atoms with Gasteiger partial charge in [0.25, 0.3) is 0 Å². The van der Waals surface area contributed by atoms with Crippen molar-refractivity contribution < 1.29 is 9.47 Å². The van der Waals surface area contributed by atoms with Crippen molar-refractivity contribution in [1.82, 2.24) is 34.3 Å². The minimum absolute atomic E-state index is 0.187. The SMILES string of the molecule is Cc1nn(-c2ccccc2)c2c1C(c1cccnc1)c1c(ncn3nc(COc4ccc(Cl)cc4)nc13)O2. The first-order valence-corrected chi connectivity index (χ1v) is 12.4. The summed E-state index contributed by atoms with van der Waals surface area (Å²) in [6.07, 6.45) is 5.22. The summed E-state index contributed by atoms with van der Waals surface area (Å²) < 4.78 is 15.8. The molecule has 1 aliphatic rings.